The minimum Gasteiger partial charge on any atom is -0.497 e. The van der Waals surface area contributed by atoms with Crippen LogP contribution in [0.2, 0.25) is 0 Å². The van der Waals surface area contributed by atoms with Crippen molar-refractivity contribution >= 4 is 6.03 Å². The number of carbonyl (C=O) groups excluding carboxylic acids is 1. The Hall–Kier alpha value is -2.54. The molecule has 7 heteroatoms. The fraction of sp³-hybridized carbons (Fsp3) is 0.500. The lowest BCUT2D eigenvalue weighted by molar-refractivity contribution is 0.108. The molecule has 0 saturated carbocycles. The molecule has 27 heavy (non-hydrogen) atoms. The molecule has 4 rings (SSSR count). The van der Waals surface area contributed by atoms with Gasteiger partial charge < -0.3 is 19.7 Å². The zero-order chi connectivity index (χ0) is 18.6. The zero-order valence-corrected chi connectivity index (χ0v) is 15.7. The van der Waals surface area contributed by atoms with Crippen LogP contribution < -0.4 is 10.1 Å². The van der Waals surface area contributed by atoms with Gasteiger partial charge in [-0.1, -0.05) is 0 Å². The van der Waals surface area contributed by atoms with Crippen LogP contribution in [-0.4, -0.2) is 53.6 Å². The van der Waals surface area contributed by atoms with Gasteiger partial charge in [0.05, 0.1) is 31.1 Å². The molecule has 2 aliphatic heterocycles. The van der Waals surface area contributed by atoms with Gasteiger partial charge in [-0.05, 0) is 49.6 Å². The Morgan fingerprint density at radius 2 is 2.15 bits per heavy atom. The van der Waals surface area contributed by atoms with Crippen LogP contribution in [-0.2, 0) is 17.8 Å². The van der Waals surface area contributed by atoms with Crippen molar-refractivity contribution < 1.29 is 14.3 Å². The molecule has 1 unspecified atom stereocenters. The molecule has 0 spiro atoms. The highest BCUT2D eigenvalue weighted by Gasteiger charge is 2.22. The van der Waals surface area contributed by atoms with Crippen LogP contribution in [0.3, 0.4) is 0 Å². The van der Waals surface area contributed by atoms with Gasteiger partial charge in [-0.25, -0.2) is 4.79 Å². The highest BCUT2D eigenvalue weighted by atomic mass is 16.5. The number of urea groups is 1. The van der Waals surface area contributed by atoms with E-state index in [1.165, 1.54) is 0 Å². The first-order chi connectivity index (χ1) is 13.2. The number of ether oxygens (including phenoxy) is 2. The Bertz CT molecular complexity index is 781. The number of hydrogen-bond acceptors (Lipinski definition) is 4. The van der Waals surface area contributed by atoms with Crippen molar-refractivity contribution in [2.24, 2.45) is 0 Å². The quantitative estimate of drug-likeness (QED) is 0.898. The second-order valence-corrected chi connectivity index (χ2v) is 7.07. The van der Waals surface area contributed by atoms with Gasteiger partial charge in [-0.15, -0.1) is 0 Å². The number of fused-ring (bicyclic) bond motifs is 1. The lowest BCUT2D eigenvalue weighted by Gasteiger charge is -2.21. The van der Waals surface area contributed by atoms with Crippen molar-refractivity contribution in [2.45, 2.75) is 38.5 Å². The number of rotatable bonds is 4. The van der Waals surface area contributed by atoms with Crippen LogP contribution in [0.25, 0.3) is 11.3 Å². The summed E-state index contributed by atoms with van der Waals surface area (Å²) in [4.78, 5) is 14.4. The molecule has 7 nitrogen and oxygen atoms in total. The zero-order valence-electron chi connectivity index (χ0n) is 15.7. The molecule has 3 heterocycles. The Morgan fingerprint density at radius 3 is 2.89 bits per heavy atom. The van der Waals surface area contributed by atoms with Gasteiger partial charge in [0.15, 0.2) is 0 Å². The summed E-state index contributed by atoms with van der Waals surface area (Å²) in [7, 11) is 1.66. The Balaban J connectivity index is 1.43. The Morgan fingerprint density at radius 1 is 1.30 bits per heavy atom. The van der Waals surface area contributed by atoms with Crippen molar-refractivity contribution in [3.63, 3.8) is 0 Å². The van der Waals surface area contributed by atoms with Crippen LogP contribution in [0.15, 0.2) is 30.3 Å². The normalized spacial score (nSPS) is 19.4. The third-order valence-corrected chi connectivity index (χ3v) is 5.19. The summed E-state index contributed by atoms with van der Waals surface area (Å²) in [5.41, 5.74) is 3.03. The molecule has 1 N–H and O–H groups in total. The number of aryl methyl sites for hydroxylation is 1. The fourth-order valence-corrected chi connectivity index (χ4v) is 3.66. The minimum absolute atomic E-state index is 0.0221. The summed E-state index contributed by atoms with van der Waals surface area (Å²) < 4.78 is 12.8. The monoisotopic (exact) mass is 370 g/mol. The van der Waals surface area contributed by atoms with E-state index in [1.54, 1.807) is 7.11 Å². The van der Waals surface area contributed by atoms with Gasteiger partial charge in [-0.2, -0.15) is 5.10 Å². The number of nitrogens with one attached hydrogen (secondary N) is 1. The predicted octanol–water partition coefficient (Wildman–Crippen LogP) is 2.65. The van der Waals surface area contributed by atoms with E-state index in [2.05, 4.69) is 11.4 Å². The first-order valence-electron chi connectivity index (χ1n) is 9.58. The summed E-state index contributed by atoms with van der Waals surface area (Å²) in [6.07, 6.45) is 3.16. The second kappa shape index (κ2) is 8.00. The standard InChI is InChI=1S/C20H26N4O3/c1-26-17-7-5-15(6-8-17)19-12-16-14-23(9-3-10-24(16)22-19)20(25)21-13-18-4-2-11-27-18/h5-8,12,18H,2-4,9-11,13-14H2,1H3,(H,21,25). The number of methoxy groups -OCH3 is 1. The Labute approximate surface area is 159 Å². The summed E-state index contributed by atoms with van der Waals surface area (Å²) in [5.74, 6) is 0.827. The minimum atomic E-state index is -0.0221. The topological polar surface area (TPSA) is 68.6 Å². The van der Waals surface area contributed by atoms with Crippen LogP contribution in [0, 0.1) is 0 Å². The molecule has 0 radical (unpaired) electrons. The molecule has 2 aromatic rings. The number of amides is 2. The van der Waals surface area contributed by atoms with E-state index in [1.807, 2.05) is 33.8 Å². The average molecular weight is 370 g/mol. The van der Waals surface area contributed by atoms with Crippen molar-refractivity contribution in [2.75, 3.05) is 26.8 Å². The summed E-state index contributed by atoms with van der Waals surface area (Å²) >= 11 is 0. The maximum Gasteiger partial charge on any atom is 0.317 e. The third-order valence-electron chi connectivity index (χ3n) is 5.19. The fourth-order valence-electron chi connectivity index (χ4n) is 3.66. The van der Waals surface area contributed by atoms with Gasteiger partial charge in [0, 0.05) is 31.8 Å². The first-order valence-corrected chi connectivity index (χ1v) is 9.58. The first kappa shape index (κ1) is 17.9. The number of nitrogens with zero attached hydrogens (tertiary/aromatic N) is 3. The molecule has 0 bridgehead atoms. The number of benzene rings is 1. The second-order valence-electron chi connectivity index (χ2n) is 7.07. The van der Waals surface area contributed by atoms with E-state index < -0.39 is 0 Å². The van der Waals surface area contributed by atoms with Gasteiger partial charge in [-0.3, -0.25) is 4.68 Å². The molecule has 1 aromatic carbocycles. The summed E-state index contributed by atoms with van der Waals surface area (Å²) in [5, 5.41) is 7.76. The molecular formula is C20H26N4O3. The largest absolute Gasteiger partial charge is 0.497 e. The SMILES string of the molecule is COc1ccc(-c2cc3n(n2)CCCN(C(=O)NCC2CCCO2)C3)cc1. The number of aromatic nitrogens is 2. The van der Waals surface area contributed by atoms with E-state index in [0.29, 0.717) is 13.1 Å². The van der Waals surface area contributed by atoms with Crippen molar-refractivity contribution in [3.05, 3.63) is 36.0 Å². The van der Waals surface area contributed by atoms with Crippen LogP contribution in [0.5, 0.6) is 5.75 Å². The molecular weight excluding hydrogens is 344 g/mol. The molecule has 1 fully saturated rings. The van der Waals surface area contributed by atoms with Crippen LogP contribution in [0.1, 0.15) is 25.0 Å². The maximum atomic E-state index is 12.6. The lowest BCUT2D eigenvalue weighted by atomic mass is 10.1. The molecule has 0 aliphatic carbocycles. The van der Waals surface area contributed by atoms with Crippen molar-refractivity contribution in [3.8, 4) is 17.0 Å². The molecule has 1 aromatic heterocycles. The van der Waals surface area contributed by atoms with Gasteiger partial charge in [0.25, 0.3) is 0 Å². The average Bonchev–Trinajstić information content (AvgIpc) is 3.32. The van der Waals surface area contributed by atoms with Crippen LogP contribution >= 0.6 is 0 Å². The molecule has 2 aliphatic rings. The van der Waals surface area contributed by atoms with Gasteiger partial charge >= 0.3 is 6.03 Å². The van der Waals surface area contributed by atoms with Crippen molar-refractivity contribution in [1.29, 1.82) is 0 Å². The summed E-state index contributed by atoms with van der Waals surface area (Å²) in [6.45, 7) is 3.52. The third kappa shape index (κ3) is 4.08. The Kier molecular flexibility index (Phi) is 5.29. The van der Waals surface area contributed by atoms with Crippen molar-refractivity contribution in [1.82, 2.24) is 20.0 Å². The van der Waals surface area contributed by atoms with E-state index in [0.717, 1.165) is 61.7 Å². The lowest BCUT2D eigenvalue weighted by Crippen LogP contribution is -2.42. The van der Waals surface area contributed by atoms with E-state index in [-0.39, 0.29) is 12.1 Å². The molecule has 1 saturated heterocycles. The maximum absolute atomic E-state index is 12.6. The molecule has 2 amide bonds. The van der Waals surface area contributed by atoms with E-state index >= 15 is 0 Å². The number of hydrogen-bond donors (Lipinski definition) is 1. The highest BCUT2D eigenvalue weighted by Crippen LogP contribution is 2.24. The van der Waals surface area contributed by atoms with Gasteiger partial charge in [0.2, 0.25) is 0 Å². The van der Waals surface area contributed by atoms with Gasteiger partial charge in [0.1, 0.15) is 5.75 Å². The highest BCUT2D eigenvalue weighted by molar-refractivity contribution is 5.74. The van der Waals surface area contributed by atoms with E-state index in [4.69, 9.17) is 14.6 Å². The molecule has 1 atom stereocenters. The smallest absolute Gasteiger partial charge is 0.317 e. The summed E-state index contributed by atoms with van der Waals surface area (Å²) in [6, 6.07) is 9.94. The predicted molar refractivity (Wildman–Crippen MR) is 102 cm³/mol. The van der Waals surface area contributed by atoms with Crippen LogP contribution in [0.4, 0.5) is 4.79 Å². The molecule has 144 valence electrons. The van der Waals surface area contributed by atoms with E-state index in [9.17, 15) is 4.79 Å². The number of carbonyl (C=O) groups is 1.